The largest absolute Gasteiger partial charge is 0.404 e. The van der Waals surface area contributed by atoms with Gasteiger partial charge in [0.2, 0.25) is 0 Å². The predicted octanol–water partition coefficient (Wildman–Crippen LogP) is 4.03. The Balaban J connectivity index is 2.16. The van der Waals surface area contributed by atoms with Crippen molar-refractivity contribution in [2.24, 2.45) is 11.7 Å². The van der Waals surface area contributed by atoms with E-state index in [0.29, 0.717) is 12.5 Å². The van der Waals surface area contributed by atoms with Crippen LogP contribution in [0.5, 0.6) is 0 Å². The quantitative estimate of drug-likeness (QED) is 0.524. The van der Waals surface area contributed by atoms with E-state index in [-0.39, 0.29) is 0 Å². The summed E-state index contributed by atoms with van der Waals surface area (Å²) in [5.74, 6) is 0.694. The third kappa shape index (κ3) is 4.47. The third-order valence-electron chi connectivity index (χ3n) is 4.53. The highest BCUT2D eigenvalue weighted by atomic mass is 15.3. The van der Waals surface area contributed by atoms with E-state index in [1.54, 1.807) is 6.20 Å². The van der Waals surface area contributed by atoms with Crippen molar-refractivity contribution in [2.75, 3.05) is 13.6 Å². The Kier molecular flexibility index (Phi) is 7.04. The first-order valence-corrected chi connectivity index (χ1v) is 8.69. The maximum absolute atomic E-state index is 5.81. The number of allylic oxidation sites excluding steroid dienone is 5. The highest BCUT2D eigenvalue weighted by Gasteiger charge is 2.10. The van der Waals surface area contributed by atoms with Crippen molar-refractivity contribution in [3.8, 4) is 0 Å². The lowest BCUT2D eigenvalue weighted by atomic mass is 9.90. The molecule has 0 spiro atoms. The minimum Gasteiger partial charge on any atom is -0.404 e. The molecule has 3 heteroatoms. The summed E-state index contributed by atoms with van der Waals surface area (Å²) in [6.07, 6.45) is 13.1. The van der Waals surface area contributed by atoms with E-state index in [1.165, 1.54) is 23.1 Å². The Morgan fingerprint density at radius 2 is 2.04 bits per heavy atom. The SMILES string of the molecule is C/C=C(\C(=C\N)CNNC)c1ccc(C2=CCC(CC)C=C2)cc1. The molecule has 1 aromatic rings. The van der Waals surface area contributed by atoms with Crippen LogP contribution in [-0.2, 0) is 0 Å². The average molecular weight is 323 g/mol. The summed E-state index contributed by atoms with van der Waals surface area (Å²) in [5, 5.41) is 0. The van der Waals surface area contributed by atoms with E-state index in [9.17, 15) is 0 Å². The van der Waals surface area contributed by atoms with E-state index in [1.807, 2.05) is 14.0 Å². The van der Waals surface area contributed by atoms with Crippen LogP contribution in [0.1, 0.15) is 37.8 Å². The Hall–Kier alpha value is -2.10. The second kappa shape index (κ2) is 9.26. The van der Waals surface area contributed by atoms with Crippen LogP contribution in [-0.4, -0.2) is 13.6 Å². The second-order valence-corrected chi connectivity index (χ2v) is 6.00. The van der Waals surface area contributed by atoms with Gasteiger partial charge < -0.3 is 5.73 Å². The molecule has 4 N–H and O–H groups in total. The molecule has 0 fully saturated rings. The standard InChI is InChI=1S/C21H29N3/c1-4-16-6-8-17(9-7-16)18-10-12-19(13-11-18)21(5-2)20(14-22)15-24-23-3/h5-6,8-14,16,23-24H,4,7,15,22H2,1-3H3/b20-14+,21-5-. The van der Waals surface area contributed by atoms with Gasteiger partial charge in [-0.2, -0.15) is 0 Å². The van der Waals surface area contributed by atoms with Crippen LogP contribution in [0, 0.1) is 5.92 Å². The highest BCUT2D eigenvalue weighted by Crippen LogP contribution is 2.28. The summed E-state index contributed by atoms with van der Waals surface area (Å²) in [7, 11) is 1.85. The number of benzene rings is 1. The minimum absolute atomic E-state index is 0.681. The number of nitrogens with one attached hydrogen (secondary N) is 2. The van der Waals surface area contributed by atoms with Gasteiger partial charge in [-0.1, -0.05) is 55.5 Å². The fraction of sp³-hybridized carbons (Fsp3) is 0.333. The molecular weight excluding hydrogens is 294 g/mol. The van der Waals surface area contributed by atoms with Crippen LogP contribution in [0.25, 0.3) is 11.1 Å². The number of hydrogen-bond acceptors (Lipinski definition) is 3. The van der Waals surface area contributed by atoms with Gasteiger partial charge in [-0.3, -0.25) is 10.9 Å². The number of hydrogen-bond donors (Lipinski definition) is 3. The summed E-state index contributed by atoms with van der Waals surface area (Å²) >= 11 is 0. The Morgan fingerprint density at radius 1 is 1.29 bits per heavy atom. The first kappa shape index (κ1) is 18.2. The van der Waals surface area contributed by atoms with Crippen LogP contribution >= 0.6 is 0 Å². The Morgan fingerprint density at radius 3 is 2.54 bits per heavy atom. The van der Waals surface area contributed by atoms with Crippen molar-refractivity contribution >= 4 is 11.1 Å². The van der Waals surface area contributed by atoms with E-state index in [4.69, 9.17) is 5.73 Å². The van der Waals surface area contributed by atoms with Gasteiger partial charge in [0.05, 0.1) is 0 Å². The lowest BCUT2D eigenvalue weighted by Gasteiger charge is -2.16. The Bertz CT molecular complexity index is 648. The van der Waals surface area contributed by atoms with Gasteiger partial charge >= 0.3 is 0 Å². The van der Waals surface area contributed by atoms with Crippen LogP contribution in [0.4, 0.5) is 0 Å². The molecule has 2 rings (SSSR count). The molecule has 0 aliphatic heterocycles. The zero-order valence-corrected chi connectivity index (χ0v) is 15.0. The molecule has 0 saturated carbocycles. The van der Waals surface area contributed by atoms with E-state index >= 15 is 0 Å². The van der Waals surface area contributed by atoms with Gasteiger partial charge in [0.25, 0.3) is 0 Å². The zero-order chi connectivity index (χ0) is 17.4. The molecule has 1 aliphatic carbocycles. The lowest BCUT2D eigenvalue weighted by Crippen LogP contribution is -2.30. The molecule has 0 bridgehead atoms. The van der Waals surface area contributed by atoms with Crippen molar-refractivity contribution < 1.29 is 0 Å². The summed E-state index contributed by atoms with van der Waals surface area (Å²) in [6.45, 7) is 4.97. The first-order valence-electron chi connectivity index (χ1n) is 8.69. The van der Waals surface area contributed by atoms with Crippen molar-refractivity contribution in [1.82, 2.24) is 10.9 Å². The van der Waals surface area contributed by atoms with Crippen LogP contribution in [0.15, 0.2) is 60.3 Å². The van der Waals surface area contributed by atoms with E-state index in [2.05, 4.69) is 66.3 Å². The molecule has 1 atom stereocenters. The molecule has 0 heterocycles. The fourth-order valence-corrected chi connectivity index (χ4v) is 2.99. The fourth-order valence-electron chi connectivity index (χ4n) is 2.99. The molecule has 0 amide bonds. The molecule has 0 radical (unpaired) electrons. The van der Waals surface area contributed by atoms with Crippen LogP contribution in [0.2, 0.25) is 0 Å². The number of nitrogens with two attached hydrogens (primary N) is 1. The molecule has 1 unspecified atom stereocenters. The third-order valence-corrected chi connectivity index (χ3v) is 4.53. The van der Waals surface area contributed by atoms with E-state index < -0.39 is 0 Å². The summed E-state index contributed by atoms with van der Waals surface area (Å²) in [4.78, 5) is 0. The summed E-state index contributed by atoms with van der Waals surface area (Å²) in [6, 6.07) is 8.74. The number of hydrazine groups is 1. The second-order valence-electron chi connectivity index (χ2n) is 6.00. The van der Waals surface area contributed by atoms with Gasteiger partial charge in [-0.15, -0.1) is 0 Å². The topological polar surface area (TPSA) is 50.1 Å². The van der Waals surface area contributed by atoms with Crippen molar-refractivity contribution in [2.45, 2.75) is 26.7 Å². The van der Waals surface area contributed by atoms with Crippen molar-refractivity contribution in [3.63, 3.8) is 0 Å². The van der Waals surface area contributed by atoms with Crippen molar-refractivity contribution in [3.05, 3.63) is 71.5 Å². The molecule has 0 aromatic heterocycles. The van der Waals surface area contributed by atoms with Crippen LogP contribution in [0.3, 0.4) is 0 Å². The maximum atomic E-state index is 5.81. The normalized spacial score (nSPS) is 18.6. The zero-order valence-electron chi connectivity index (χ0n) is 15.0. The van der Waals surface area contributed by atoms with Gasteiger partial charge in [0.15, 0.2) is 0 Å². The monoisotopic (exact) mass is 323 g/mol. The Labute approximate surface area is 146 Å². The highest BCUT2D eigenvalue weighted by molar-refractivity contribution is 5.81. The first-order chi connectivity index (χ1) is 11.7. The molecule has 1 aliphatic rings. The average Bonchev–Trinajstić information content (AvgIpc) is 2.65. The van der Waals surface area contributed by atoms with E-state index in [0.717, 1.165) is 17.6 Å². The molecule has 1 aromatic carbocycles. The van der Waals surface area contributed by atoms with Gasteiger partial charge in [-0.05, 0) is 66.8 Å². The van der Waals surface area contributed by atoms with Gasteiger partial charge in [0.1, 0.15) is 0 Å². The molecule has 3 nitrogen and oxygen atoms in total. The molecule has 24 heavy (non-hydrogen) atoms. The maximum Gasteiger partial charge on any atom is 0.0371 e. The van der Waals surface area contributed by atoms with Crippen molar-refractivity contribution in [1.29, 1.82) is 0 Å². The predicted molar refractivity (Wildman–Crippen MR) is 105 cm³/mol. The lowest BCUT2D eigenvalue weighted by molar-refractivity contribution is 0.634. The molecule has 128 valence electrons. The molecule has 0 saturated heterocycles. The van der Waals surface area contributed by atoms with Gasteiger partial charge in [-0.25, -0.2) is 0 Å². The molecular formula is C21H29N3. The number of rotatable bonds is 7. The smallest absolute Gasteiger partial charge is 0.0371 e. The van der Waals surface area contributed by atoms with Gasteiger partial charge in [0, 0.05) is 6.54 Å². The minimum atomic E-state index is 0.681. The van der Waals surface area contributed by atoms with Crippen LogP contribution < -0.4 is 16.6 Å². The summed E-state index contributed by atoms with van der Waals surface area (Å²) < 4.78 is 0. The summed E-state index contributed by atoms with van der Waals surface area (Å²) in [5.41, 5.74) is 17.8.